The molecule has 0 bridgehead atoms. The van der Waals surface area contributed by atoms with Crippen molar-refractivity contribution in [3.05, 3.63) is 83.4 Å². The van der Waals surface area contributed by atoms with E-state index in [0.29, 0.717) is 19.4 Å². The van der Waals surface area contributed by atoms with Crippen LogP contribution in [0.15, 0.2) is 66.7 Å². The highest BCUT2D eigenvalue weighted by Crippen LogP contribution is 2.21. The molecule has 3 aromatic rings. The summed E-state index contributed by atoms with van der Waals surface area (Å²) >= 11 is 0. The first-order valence-corrected chi connectivity index (χ1v) is 10.0. The number of carbonyl (C=O) groups excluding carboxylic acids is 2. The predicted octanol–water partition coefficient (Wildman–Crippen LogP) is 4.24. The fourth-order valence-electron chi connectivity index (χ4n) is 3.69. The van der Waals surface area contributed by atoms with Crippen LogP contribution >= 0.6 is 0 Å². The lowest BCUT2D eigenvalue weighted by molar-refractivity contribution is -0.140. The van der Waals surface area contributed by atoms with E-state index in [1.807, 2.05) is 43.3 Å². The fourth-order valence-corrected chi connectivity index (χ4v) is 3.69. The summed E-state index contributed by atoms with van der Waals surface area (Å²) in [6, 6.07) is 21.9. The number of rotatable bonds is 7. The fraction of sp³-hybridized carbons (Fsp3) is 0.280. The second kappa shape index (κ2) is 9.37. The van der Waals surface area contributed by atoms with Crippen LogP contribution in [0.25, 0.3) is 10.8 Å². The lowest BCUT2D eigenvalue weighted by Crippen LogP contribution is -2.46. The van der Waals surface area contributed by atoms with E-state index in [-0.39, 0.29) is 11.8 Å². The summed E-state index contributed by atoms with van der Waals surface area (Å²) < 4.78 is 0. The minimum Gasteiger partial charge on any atom is -0.357 e. The van der Waals surface area contributed by atoms with Crippen LogP contribution in [0.2, 0.25) is 0 Å². The van der Waals surface area contributed by atoms with Crippen LogP contribution in [-0.2, 0) is 22.6 Å². The van der Waals surface area contributed by atoms with Crippen LogP contribution in [0.4, 0.5) is 0 Å². The average molecular weight is 389 g/mol. The molecule has 0 fully saturated rings. The third-order valence-corrected chi connectivity index (χ3v) is 5.34. The van der Waals surface area contributed by atoms with E-state index in [0.717, 1.165) is 16.7 Å². The normalized spacial score (nSPS) is 11.8. The first-order chi connectivity index (χ1) is 14.0. The molecule has 0 radical (unpaired) electrons. The van der Waals surface area contributed by atoms with E-state index in [4.69, 9.17) is 0 Å². The largest absolute Gasteiger partial charge is 0.357 e. The van der Waals surface area contributed by atoms with Crippen molar-refractivity contribution in [3.63, 3.8) is 0 Å². The van der Waals surface area contributed by atoms with E-state index < -0.39 is 6.04 Å². The number of amides is 2. The molecule has 4 nitrogen and oxygen atoms in total. The smallest absolute Gasteiger partial charge is 0.242 e. The summed E-state index contributed by atoms with van der Waals surface area (Å²) in [7, 11) is 1.60. The molecular weight excluding hydrogens is 360 g/mol. The van der Waals surface area contributed by atoms with Gasteiger partial charge in [0, 0.05) is 20.0 Å². The zero-order chi connectivity index (χ0) is 20.8. The Labute approximate surface area is 172 Å². The Bertz CT molecular complexity index is 1010. The topological polar surface area (TPSA) is 49.4 Å². The second-order valence-electron chi connectivity index (χ2n) is 7.44. The maximum atomic E-state index is 13.1. The number of nitrogens with zero attached hydrogens (tertiary/aromatic N) is 1. The van der Waals surface area contributed by atoms with Crippen molar-refractivity contribution in [2.75, 3.05) is 7.05 Å². The van der Waals surface area contributed by atoms with Crippen molar-refractivity contribution in [2.45, 2.75) is 39.3 Å². The highest BCUT2D eigenvalue weighted by Gasteiger charge is 2.25. The van der Waals surface area contributed by atoms with Gasteiger partial charge in [-0.3, -0.25) is 9.59 Å². The van der Waals surface area contributed by atoms with Crippen LogP contribution in [0.1, 0.15) is 30.0 Å². The summed E-state index contributed by atoms with van der Waals surface area (Å²) in [5.41, 5.74) is 3.32. The molecule has 150 valence electrons. The summed E-state index contributed by atoms with van der Waals surface area (Å²) in [6.45, 7) is 4.23. The summed E-state index contributed by atoms with van der Waals surface area (Å²) in [6.07, 6.45) is 1.01. The van der Waals surface area contributed by atoms with Gasteiger partial charge in [-0.2, -0.15) is 0 Å². The Morgan fingerprint density at radius 1 is 1.00 bits per heavy atom. The van der Waals surface area contributed by atoms with E-state index in [9.17, 15) is 9.59 Å². The first-order valence-electron chi connectivity index (χ1n) is 10.0. The molecule has 2 amide bonds. The zero-order valence-electron chi connectivity index (χ0n) is 17.3. The number of hydrogen-bond acceptors (Lipinski definition) is 2. The lowest BCUT2D eigenvalue weighted by Gasteiger charge is -2.28. The predicted molar refractivity (Wildman–Crippen MR) is 118 cm³/mol. The molecule has 29 heavy (non-hydrogen) atoms. The van der Waals surface area contributed by atoms with Crippen molar-refractivity contribution in [2.24, 2.45) is 0 Å². The molecule has 0 spiro atoms. The van der Waals surface area contributed by atoms with Crippen LogP contribution < -0.4 is 5.32 Å². The molecule has 0 heterocycles. The lowest BCUT2D eigenvalue weighted by atomic mass is 10.0. The van der Waals surface area contributed by atoms with E-state index >= 15 is 0 Å². The highest BCUT2D eigenvalue weighted by molar-refractivity contribution is 5.88. The monoisotopic (exact) mass is 388 g/mol. The Kier molecular flexibility index (Phi) is 6.65. The van der Waals surface area contributed by atoms with Gasteiger partial charge in [0.05, 0.1) is 0 Å². The third-order valence-electron chi connectivity index (χ3n) is 5.34. The van der Waals surface area contributed by atoms with Gasteiger partial charge in [0.2, 0.25) is 11.8 Å². The molecule has 0 unspecified atom stereocenters. The average Bonchev–Trinajstić information content (AvgIpc) is 2.74. The Hall–Kier alpha value is -3.14. The quantitative estimate of drug-likeness (QED) is 0.658. The summed E-state index contributed by atoms with van der Waals surface area (Å²) in [5.74, 6) is -0.174. The van der Waals surface area contributed by atoms with Gasteiger partial charge in [0.25, 0.3) is 0 Å². The Morgan fingerprint density at radius 3 is 2.48 bits per heavy atom. The molecule has 1 atom stereocenters. The molecule has 0 saturated carbocycles. The van der Waals surface area contributed by atoms with Crippen LogP contribution in [0.3, 0.4) is 0 Å². The van der Waals surface area contributed by atoms with Crippen molar-refractivity contribution in [1.82, 2.24) is 10.2 Å². The summed E-state index contributed by atoms with van der Waals surface area (Å²) in [5, 5.41) is 5.01. The maximum Gasteiger partial charge on any atom is 0.242 e. The van der Waals surface area contributed by atoms with Crippen molar-refractivity contribution in [3.8, 4) is 0 Å². The molecule has 0 aromatic heterocycles. The van der Waals surface area contributed by atoms with E-state index in [1.54, 1.807) is 18.9 Å². The minimum absolute atomic E-state index is 0.0180. The number of likely N-dealkylation sites (N-methyl/N-ethyl adjacent to an activating group) is 1. The molecule has 0 aliphatic carbocycles. The van der Waals surface area contributed by atoms with Gasteiger partial charge >= 0.3 is 0 Å². The van der Waals surface area contributed by atoms with Gasteiger partial charge < -0.3 is 10.2 Å². The van der Waals surface area contributed by atoms with Gasteiger partial charge in [-0.25, -0.2) is 0 Å². The van der Waals surface area contributed by atoms with Gasteiger partial charge in [-0.15, -0.1) is 0 Å². The Balaban J connectivity index is 1.79. The number of hydrogen-bond donors (Lipinski definition) is 1. The van der Waals surface area contributed by atoms with Crippen LogP contribution in [0, 0.1) is 6.92 Å². The van der Waals surface area contributed by atoms with E-state index in [1.165, 1.54) is 10.8 Å². The van der Waals surface area contributed by atoms with E-state index in [2.05, 4.69) is 35.6 Å². The minimum atomic E-state index is -0.527. The van der Waals surface area contributed by atoms with Gasteiger partial charge in [-0.1, -0.05) is 72.3 Å². The standard InChI is InChI=1S/C25H28N2O2/c1-18-8-6-9-20(16-18)17-27(19(2)25(29)26-3)24(28)15-14-22-12-7-11-21-10-4-5-13-23(21)22/h4-13,16,19H,14-15,17H2,1-3H3,(H,26,29)/t19-/m1/s1. The highest BCUT2D eigenvalue weighted by atomic mass is 16.2. The van der Waals surface area contributed by atoms with Gasteiger partial charge in [0.1, 0.15) is 6.04 Å². The SMILES string of the molecule is CNC(=O)[C@@H](C)N(Cc1cccc(C)c1)C(=O)CCc1cccc2ccccc12. The number of fused-ring (bicyclic) bond motifs is 1. The number of carbonyl (C=O) groups is 2. The van der Waals surface area contributed by atoms with Crippen molar-refractivity contribution < 1.29 is 9.59 Å². The molecule has 3 aromatic carbocycles. The number of aryl methyl sites for hydroxylation is 2. The van der Waals surface area contributed by atoms with Crippen molar-refractivity contribution >= 4 is 22.6 Å². The third kappa shape index (κ3) is 5.02. The zero-order valence-corrected chi connectivity index (χ0v) is 17.3. The number of nitrogens with one attached hydrogen (secondary N) is 1. The van der Waals surface area contributed by atoms with Gasteiger partial charge in [0.15, 0.2) is 0 Å². The molecule has 1 N–H and O–H groups in total. The number of benzene rings is 3. The first kappa shape index (κ1) is 20.6. The molecular formula is C25H28N2O2. The molecule has 0 aliphatic heterocycles. The van der Waals surface area contributed by atoms with Crippen molar-refractivity contribution in [1.29, 1.82) is 0 Å². The Morgan fingerprint density at radius 2 is 1.72 bits per heavy atom. The van der Waals surface area contributed by atoms with Crippen LogP contribution in [-0.4, -0.2) is 29.8 Å². The molecule has 4 heteroatoms. The molecule has 0 saturated heterocycles. The summed E-state index contributed by atoms with van der Waals surface area (Å²) in [4.78, 5) is 27.1. The second-order valence-corrected chi connectivity index (χ2v) is 7.44. The molecule has 3 rings (SSSR count). The van der Waals surface area contributed by atoms with Gasteiger partial charge in [-0.05, 0) is 42.2 Å². The maximum absolute atomic E-state index is 13.1. The van der Waals surface area contributed by atoms with Crippen LogP contribution in [0.5, 0.6) is 0 Å². The molecule has 0 aliphatic rings.